The van der Waals surface area contributed by atoms with E-state index in [9.17, 15) is 9.90 Å². The summed E-state index contributed by atoms with van der Waals surface area (Å²) in [5.41, 5.74) is 0.558. The van der Waals surface area contributed by atoms with Gasteiger partial charge in [-0.1, -0.05) is 17.7 Å². The molecule has 0 atom stereocenters. The summed E-state index contributed by atoms with van der Waals surface area (Å²) in [6.07, 6.45) is 0. The van der Waals surface area contributed by atoms with Crippen LogP contribution in [0.2, 0.25) is 5.02 Å². The molecular weight excluding hydrogens is 238 g/mol. The Labute approximate surface area is 107 Å². The molecule has 1 aromatic rings. The van der Waals surface area contributed by atoms with Gasteiger partial charge in [-0.05, 0) is 38.5 Å². The molecule has 0 unspecified atom stereocenters. The first-order chi connectivity index (χ1) is 7.70. The number of rotatable bonds is 3. The van der Waals surface area contributed by atoms with Gasteiger partial charge in [-0.15, -0.1) is 0 Å². The molecule has 0 radical (unpaired) electrons. The van der Waals surface area contributed by atoms with Gasteiger partial charge in [0, 0.05) is 13.6 Å². The van der Waals surface area contributed by atoms with Gasteiger partial charge in [0.1, 0.15) is 0 Å². The zero-order chi connectivity index (χ0) is 13.2. The highest BCUT2D eigenvalue weighted by Gasteiger charge is 2.21. The van der Waals surface area contributed by atoms with Crippen molar-refractivity contribution < 1.29 is 9.90 Å². The number of aryl methyl sites for hydroxylation is 1. The van der Waals surface area contributed by atoms with E-state index in [-0.39, 0.29) is 12.5 Å². The number of likely N-dealkylation sites (N-methyl/N-ethyl adjacent to an activating group) is 1. The fraction of sp³-hybridized carbons (Fsp3) is 0.462. The number of carbonyl (C=O) groups excluding carboxylic acids is 1. The fourth-order valence-corrected chi connectivity index (χ4v) is 1.97. The van der Waals surface area contributed by atoms with E-state index in [4.69, 9.17) is 11.6 Å². The SMILES string of the molecule is Cc1ccc(C(=O)N(C)CC(C)(C)O)c(Cl)c1. The monoisotopic (exact) mass is 255 g/mol. The van der Waals surface area contributed by atoms with Gasteiger partial charge >= 0.3 is 0 Å². The van der Waals surface area contributed by atoms with Crippen LogP contribution < -0.4 is 0 Å². The van der Waals surface area contributed by atoms with Crippen molar-refractivity contribution in [2.75, 3.05) is 13.6 Å². The zero-order valence-corrected chi connectivity index (χ0v) is 11.4. The molecule has 4 heteroatoms. The van der Waals surface area contributed by atoms with Crippen molar-refractivity contribution >= 4 is 17.5 Å². The van der Waals surface area contributed by atoms with Gasteiger partial charge in [-0.3, -0.25) is 4.79 Å². The Bertz CT molecular complexity index is 424. The molecule has 0 aromatic heterocycles. The minimum Gasteiger partial charge on any atom is -0.389 e. The summed E-state index contributed by atoms with van der Waals surface area (Å²) in [5.74, 6) is -0.183. The summed E-state index contributed by atoms with van der Waals surface area (Å²) >= 11 is 6.03. The molecule has 94 valence electrons. The Morgan fingerprint density at radius 1 is 1.47 bits per heavy atom. The highest BCUT2D eigenvalue weighted by Crippen LogP contribution is 2.19. The summed E-state index contributed by atoms with van der Waals surface area (Å²) in [6, 6.07) is 5.31. The van der Waals surface area contributed by atoms with Gasteiger partial charge in [-0.2, -0.15) is 0 Å². The summed E-state index contributed by atoms with van der Waals surface area (Å²) in [6.45, 7) is 5.50. The van der Waals surface area contributed by atoms with Crippen LogP contribution in [0.5, 0.6) is 0 Å². The van der Waals surface area contributed by atoms with Gasteiger partial charge in [0.2, 0.25) is 0 Å². The summed E-state index contributed by atoms with van der Waals surface area (Å²) in [5, 5.41) is 10.1. The van der Waals surface area contributed by atoms with E-state index < -0.39 is 5.60 Å². The normalized spacial score (nSPS) is 11.4. The van der Waals surface area contributed by atoms with E-state index >= 15 is 0 Å². The van der Waals surface area contributed by atoms with Gasteiger partial charge in [0.15, 0.2) is 0 Å². The Kier molecular flexibility index (Phi) is 4.17. The molecule has 3 nitrogen and oxygen atoms in total. The quantitative estimate of drug-likeness (QED) is 0.902. The van der Waals surface area contributed by atoms with Crippen LogP contribution >= 0.6 is 11.6 Å². The van der Waals surface area contributed by atoms with E-state index in [2.05, 4.69) is 0 Å². The van der Waals surface area contributed by atoms with Gasteiger partial charge < -0.3 is 10.0 Å². The molecular formula is C13H18ClNO2. The molecule has 0 aliphatic rings. The number of amides is 1. The van der Waals surface area contributed by atoms with Crippen molar-refractivity contribution in [1.82, 2.24) is 4.90 Å². The van der Waals surface area contributed by atoms with Gasteiger partial charge in [0.25, 0.3) is 5.91 Å². The average Bonchev–Trinajstić information content (AvgIpc) is 2.14. The predicted octanol–water partition coefficient (Wildman–Crippen LogP) is 2.49. The van der Waals surface area contributed by atoms with Crippen LogP contribution in [-0.2, 0) is 0 Å². The molecule has 1 amide bonds. The molecule has 0 aliphatic heterocycles. The third kappa shape index (κ3) is 4.02. The lowest BCUT2D eigenvalue weighted by Gasteiger charge is -2.25. The summed E-state index contributed by atoms with van der Waals surface area (Å²) < 4.78 is 0. The van der Waals surface area contributed by atoms with Crippen LogP contribution in [0.1, 0.15) is 29.8 Å². The highest BCUT2D eigenvalue weighted by molar-refractivity contribution is 6.33. The molecule has 0 aliphatic carbocycles. The van der Waals surface area contributed by atoms with E-state index in [0.29, 0.717) is 10.6 Å². The molecule has 0 spiro atoms. The molecule has 0 saturated heterocycles. The third-order valence-corrected chi connectivity index (χ3v) is 2.64. The number of carbonyl (C=O) groups is 1. The Morgan fingerprint density at radius 2 is 2.06 bits per heavy atom. The number of halogens is 1. The number of hydrogen-bond donors (Lipinski definition) is 1. The second kappa shape index (κ2) is 5.07. The molecule has 17 heavy (non-hydrogen) atoms. The summed E-state index contributed by atoms with van der Waals surface area (Å²) in [4.78, 5) is 13.6. The first-order valence-electron chi connectivity index (χ1n) is 5.45. The average molecular weight is 256 g/mol. The molecule has 1 aromatic carbocycles. The lowest BCUT2D eigenvalue weighted by Crippen LogP contribution is -2.39. The lowest BCUT2D eigenvalue weighted by atomic mass is 10.1. The largest absolute Gasteiger partial charge is 0.389 e. The van der Waals surface area contributed by atoms with Crippen LogP contribution in [-0.4, -0.2) is 35.1 Å². The lowest BCUT2D eigenvalue weighted by molar-refractivity contribution is 0.0368. The van der Waals surface area contributed by atoms with Crippen LogP contribution in [0.3, 0.4) is 0 Å². The maximum Gasteiger partial charge on any atom is 0.255 e. The van der Waals surface area contributed by atoms with Crippen LogP contribution in [0, 0.1) is 6.92 Å². The number of aliphatic hydroxyl groups is 1. The number of benzene rings is 1. The maximum atomic E-state index is 12.1. The van der Waals surface area contributed by atoms with Crippen LogP contribution in [0.4, 0.5) is 0 Å². The smallest absolute Gasteiger partial charge is 0.255 e. The highest BCUT2D eigenvalue weighted by atomic mass is 35.5. The topological polar surface area (TPSA) is 40.5 Å². The molecule has 0 heterocycles. The zero-order valence-electron chi connectivity index (χ0n) is 10.6. The minimum absolute atomic E-state index is 0.183. The fourth-order valence-electron chi connectivity index (χ4n) is 1.65. The summed E-state index contributed by atoms with van der Waals surface area (Å²) in [7, 11) is 1.65. The first-order valence-corrected chi connectivity index (χ1v) is 5.82. The molecule has 0 fully saturated rings. The molecule has 1 rings (SSSR count). The van der Waals surface area contributed by atoms with Crippen LogP contribution in [0.25, 0.3) is 0 Å². The predicted molar refractivity (Wildman–Crippen MR) is 69.4 cm³/mol. The Morgan fingerprint density at radius 3 is 2.53 bits per heavy atom. The second-order valence-corrected chi connectivity index (χ2v) is 5.36. The molecule has 0 saturated carbocycles. The van der Waals surface area contributed by atoms with Crippen molar-refractivity contribution in [3.63, 3.8) is 0 Å². The molecule has 1 N–H and O–H groups in total. The van der Waals surface area contributed by atoms with Gasteiger partial charge in [-0.25, -0.2) is 0 Å². The third-order valence-electron chi connectivity index (χ3n) is 2.33. The second-order valence-electron chi connectivity index (χ2n) is 4.96. The first kappa shape index (κ1) is 14.0. The van der Waals surface area contributed by atoms with E-state index in [1.165, 1.54) is 4.90 Å². The minimum atomic E-state index is -0.915. The van der Waals surface area contributed by atoms with Crippen molar-refractivity contribution in [1.29, 1.82) is 0 Å². The van der Waals surface area contributed by atoms with E-state index in [0.717, 1.165) is 5.56 Å². The standard InChI is InChI=1S/C13H18ClNO2/c1-9-5-6-10(11(14)7-9)12(16)15(4)8-13(2,3)17/h5-7,17H,8H2,1-4H3. The van der Waals surface area contributed by atoms with Crippen molar-refractivity contribution in [2.45, 2.75) is 26.4 Å². The Balaban J connectivity index is 2.89. The van der Waals surface area contributed by atoms with Crippen molar-refractivity contribution in [3.05, 3.63) is 34.3 Å². The van der Waals surface area contributed by atoms with E-state index in [1.54, 1.807) is 33.0 Å². The van der Waals surface area contributed by atoms with Gasteiger partial charge in [0.05, 0.1) is 16.2 Å². The van der Waals surface area contributed by atoms with Crippen LogP contribution in [0.15, 0.2) is 18.2 Å². The van der Waals surface area contributed by atoms with Crippen molar-refractivity contribution in [2.24, 2.45) is 0 Å². The number of nitrogens with zero attached hydrogens (tertiary/aromatic N) is 1. The van der Waals surface area contributed by atoms with Crippen molar-refractivity contribution in [3.8, 4) is 0 Å². The number of hydrogen-bond acceptors (Lipinski definition) is 2. The molecule has 0 bridgehead atoms. The van der Waals surface area contributed by atoms with E-state index in [1.807, 2.05) is 13.0 Å². The Hall–Kier alpha value is -1.06. The maximum absolute atomic E-state index is 12.1.